The minimum atomic E-state index is -0.211. The summed E-state index contributed by atoms with van der Waals surface area (Å²) in [5.41, 5.74) is 0.593. The standard InChI is InChI=1S/C16H25NO2/c1-11(2)12(3)15(18)17-13-7-9-14(10-8-13)19-16(4,5)6/h7-12H,1-6H3,(H,17,18). The monoisotopic (exact) mass is 263 g/mol. The molecule has 0 spiro atoms. The van der Waals surface area contributed by atoms with Crippen molar-refractivity contribution in [2.45, 2.75) is 47.1 Å². The number of rotatable bonds is 4. The van der Waals surface area contributed by atoms with Gasteiger partial charge in [-0.3, -0.25) is 4.79 Å². The molecule has 0 radical (unpaired) electrons. The van der Waals surface area contributed by atoms with Gasteiger partial charge >= 0.3 is 0 Å². The first-order valence-corrected chi connectivity index (χ1v) is 6.79. The largest absolute Gasteiger partial charge is 0.488 e. The van der Waals surface area contributed by atoms with Crippen LogP contribution in [0.15, 0.2) is 24.3 Å². The molecule has 0 fully saturated rings. The van der Waals surface area contributed by atoms with Crippen LogP contribution >= 0.6 is 0 Å². The van der Waals surface area contributed by atoms with Crippen LogP contribution in [-0.2, 0) is 4.79 Å². The van der Waals surface area contributed by atoms with Crippen molar-refractivity contribution in [1.82, 2.24) is 0 Å². The molecule has 0 aliphatic heterocycles. The smallest absolute Gasteiger partial charge is 0.227 e. The van der Waals surface area contributed by atoms with Crippen LogP contribution in [0.3, 0.4) is 0 Å². The number of anilines is 1. The van der Waals surface area contributed by atoms with Crippen LogP contribution in [0.1, 0.15) is 41.5 Å². The van der Waals surface area contributed by atoms with Gasteiger partial charge in [-0.15, -0.1) is 0 Å². The van der Waals surface area contributed by atoms with Crippen molar-refractivity contribution < 1.29 is 9.53 Å². The molecule has 0 bridgehead atoms. The van der Waals surface area contributed by atoms with Crippen molar-refractivity contribution in [2.75, 3.05) is 5.32 Å². The third-order valence-electron chi connectivity index (χ3n) is 2.96. The number of nitrogens with one attached hydrogen (secondary N) is 1. The van der Waals surface area contributed by atoms with Crippen LogP contribution in [0.2, 0.25) is 0 Å². The van der Waals surface area contributed by atoms with Crippen molar-refractivity contribution in [3.05, 3.63) is 24.3 Å². The fourth-order valence-electron chi connectivity index (χ4n) is 1.52. The van der Waals surface area contributed by atoms with Gasteiger partial charge < -0.3 is 10.1 Å². The SMILES string of the molecule is CC(C)C(C)C(=O)Nc1ccc(OC(C)(C)C)cc1. The van der Waals surface area contributed by atoms with Gasteiger partial charge in [0.25, 0.3) is 0 Å². The average Bonchev–Trinajstić information content (AvgIpc) is 2.28. The number of benzene rings is 1. The Labute approximate surface area is 116 Å². The number of amides is 1. The fraction of sp³-hybridized carbons (Fsp3) is 0.562. The van der Waals surface area contributed by atoms with Gasteiger partial charge in [-0.2, -0.15) is 0 Å². The zero-order valence-electron chi connectivity index (χ0n) is 12.8. The van der Waals surface area contributed by atoms with Crippen molar-refractivity contribution in [1.29, 1.82) is 0 Å². The number of hydrogen-bond acceptors (Lipinski definition) is 2. The van der Waals surface area contributed by atoms with Crippen LogP contribution in [0.25, 0.3) is 0 Å². The predicted molar refractivity (Wildman–Crippen MR) is 79.5 cm³/mol. The fourth-order valence-corrected chi connectivity index (χ4v) is 1.52. The van der Waals surface area contributed by atoms with E-state index < -0.39 is 0 Å². The van der Waals surface area contributed by atoms with Crippen LogP contribution in [0.4, 0.5) is 5.69 Å². The molecule has 1 unspecified atom stereocenters. The second-order valence-electron chi connectivity index (χ2n) is 6.26. The lowest BCUT2D eigenvalue weighted by molar-refractivity contribution is -0.120. The maximum Gasteiger partial charge on any atom is 0.227 e. The molecule has 3 heteroatoms. The molecular formula is C16H25NO2. The number of ether oxygens (including phenoxy) is 1. The Balaban J connectivity index is 2.65. The lowest BCUT2D eigenvalue weighted by Gasteiger charge is -2.21. The third-order valence-corrected chi connectivity index (χ3v) is 2.96. The third kappa shape index (κ3) is 5.33. The van der Waals surface area contributed by atoms with Crippen molar-refractivity contribution in [2.24, 2.45) is 11.8 Å². The molecule has 1 aromatic carbocycles. The molecule has 0 aliphatic carbocycles. The first-order valence-electron chi connectivity index (χ1n) is 6.79. The van der Waals surface area contributed by atoms with Crippen LogP contribution < -0.4 is 10.1 Å². The first-order chi connectivity index (χ1) is 8.69. The average molecular weight is 263 g/mol. The van der Waals surface area contributed by atoms with Crippen molar-refractivity contribution in [3.8, 4) is 5.75 Å². The van der Waals surface area contributed by atoms with E-state index in [4.69, 9.17) is 4.74 Å². The Kier molecular flexibility index (Phi) is 4.98. The minimum Gasteiger partial charge on any atom is -0.488 e. The molecule has 0 aliphatic rings. The summed E-state index contributed by atoms with van der Waals surface area (Å²) < 4.78 is 5.73. The van der Waals surface area contributed by atoms with Gasteiger partial charge in [-0.25, -0.2) is 0 Å². The van der Waals surface area contributed by atoms with E-state index in [0.717, 1.165) is 11.4 Å². The van der Waals surface area contributed by atoms with E-state index in [1.54, 1.807) is 0 Å². The van der Waals surface area contributed by atoms with E-state index in [9.17, 15) is 4.79 Å². The molecule has 1 amide bonds. The summed E-state index contributed by atoms with van der Waals surface area (Å²) in [6.45, 7) is 12.1. The molecule has 1 atom stereocenters. The lowest BCUT2D eigenvalue weighted by atomic mass is 9.97. The van der Waals surface area contributed by atoms with Gasteiger partial charge in [0.15, 0.2) is 0 Å². The van der Waals surface area contributed by atoms with Gasteiger partial charge in [0.05, 0.1) is 0 Å². The Bertz CT molecular complexity index is 415. The van der Waals surface area contributed by atoms with Crippen molar-refractivity contribution in [3.63, 3.8) is 0 Å². The number of carbonyl (C=O) groups excluding carboxylic acids is 1. The maximum atomic E-state index is 11.9. The molecule has 19 heavy (non-hydrogen) atoms. The summed E-state index contributed by atoms with van der Waals surface area (Å²) in [5, 5.41) is 2.92. The second-order valence-corrected chi connectivity index (χ2v) is 6.26. The molecule has 1 aromatic rings. The Morgan fingerprint density at radius 3 is 2.05 bits per heavy atom. The Hall–Kier alpha value is -1.51. The summed E-state index contributed by atoms with van der Waals surface area (Å²) in [5.74, 6) is 1.20. The van der Waals surface area contributed by atoms with Gasteiger partial charge in [0, 0.05) is 11.6 Å². The minimum absolute atomic E-state index is 0.00509. The topological polar surface area (TPSA) is 38.3 Å². The van der Waals surface area contributed by atoms with Gasteiger partial charge in [0.2, 0.25) is 5.91 Å². The molecule has 0 saturated carbocycles. The van der Waals surface area contributed by atoms with E-state index >= 15 is 0 Å². The predicted octanol–water partition coefficient (Wildman–Crippen LogP) is 4.09. The van der Waals surface area contributed by atoms with Gasteiger partial charge in [-0.1, -0.05) is 20.8 Å². The molecule has 0 aromatic heterocycles. The molecule has 3 nitrogen and oxygen atoms in total. The number of carbonyl (C=O) groups is 1. The summed E-state index contributed by atoms with van der Waals surface area (Å²) in [4.78, 5) is 11.9. The van der Waals surface area contributed by atoms with E-state index in [-0.39, 0.29) is 17.4 Å². The van der Waals surface area contributed by atoms with Crippen LogP contribution in [-0.4, -0.2) is 11.5 Å². The van der Waals surface area contributed by atoms with E-state index in [1.807, 2.05) is 65.8 Å². The highest BCUT2D eigenvalue weighted by atomic mass is 16.5. The summed E-state index contributed by atoms with van der Waals surface area (Å²) in [7, 11) is 0. The highest BCUT2D eigenvalue weighted by molar-refractivity contribution is 5.92. The summed E-state index contributed by atoms with van der Waals surface area (Å²) in [6, 6.07) is 7.49. The normalized spacial score (nSPS) is 13.2. The van der Waals surface area contributed by atoms with Crippen LogP contribution in [0.5, 0.6) is 5.75 Å². The molecular weight excluding hydrogens is 238 g/mol. The first kappa shape index (κ1) is 15.5. The number of hydrogen-bond donors (Lipinski definition) is 1. The summed E-state index contributed by atoms with van der Waals surface area (Å²) >= 11 is 0. The molecule has 0 heterocycles. The quantitative estimate of drug-likeness (QED) is 0.888. The van der Waals surface area contributed by atoms with Gasteiger partial charge in [0.1, 0.15) is 11.4 Å². The van der Waals surface area contributed by atoms with Crippen molar-refractivity contribution >= 4 is 11.6 Å². The van der Waals surface area contributed by atoms with E-state index in [1.165, 1.54) is 0 Å². The summed E-state index contributed by atoms with van der Waals surface area (Å²) in [6.07, 6.45) is 0. The van der Waals surface area contributed by atoms with Gasteiger partial charge in [-0.05, 0) is 51.0 Å². The molecule has 1 N–H and O–H groups in total. The Morgan fingerprint density at radius 2 is 1.63 bits per heavy atom. The zero-order chi connectivity index (χ0) is 14.6. The second kappa shape index (κ2) is 6.09. The maximum absolute atomic E-state index is 11.9. The zero-order valence-corrected chi connectivity index (χ0v) is 12.8. The molecule has 0 saturated heterocycles. The Morgan fingerprint density at radius 1 is 1.11 bits per heavy atom. The highest BCUT2D eigenvalue weighted by Crippen LogP contribution is 2.21. The van der Waals surface area contributed by atoms with E-state index in [0.29, 0.717) is 5.92 Å². The van der Waals surface area contributed by atoms with E-state index in [2.05, 4.69) is 5.32 Å². The highest BCUT2D eigenvalue weighted by Gasteiger charge is 2.16. The molecule has 106 valence electrons. The molecule has 1 rings (SSSR count). The van der Waals surface area contributed by atoms with Crippen LogP contribution in [0, 0.1) is 11.8 Å². The lowest BCUT2D eigenvalue weighted by Crippen LogP contribution is -2.24.